The highest BCUT2D eigenvalue weighted by Gasteiger charge is 2.09. The Morgan fingerprint density at radius 1 is 1.21 bits per heavy atom. The van der Waals surface area contributed by atoms with E-state index in [0.717, 1.165) is 37.1 Å². The molecule has 1 unspecified atom stereocenters. The van der Waals surface area contributed by atoms with Gasteiger partial charge in [-0.2, -0.15) is 0 Å². The monoisotopic (exact) mass is 263 g/mol. The maximum atomic E-state index is 5.29. The fourth-order valence-electron chi connectivity index (χ4n) is 2.39. The molecule has 0 aromatic heterocycles. The molecule has 0 radical (unpaired) electrons. The molecule has 0 bridgehead atoms. The summed E-state index contributed by atoms with van der Waals surface area (Å²) in [7, 11) is 1.73. The van der Waals surface area contributed by atoms with Crippen LogP contribution < -0.4 is 10.1 Å². The normalized spacial score (nSPS) is 12.7. The molecule has 2 nitrogen and oxygen atoms in total. The van der Waals surface area contributed by atoms with Gasteiger partial charge in [0.1, 0.15) is 5.75 Å². The minimum absolute atomic E-state index is 0.718. The predicted octanol–water partition coefficient (Wildman–Crippen LogP) is 3.90. The average Bonchev–Trinajstić information content (AvgIpc) is 2.38. The van der Waals surface area contributed by atoms with Gasteiger partial charge in [-0.05, 0) is 55.5 Å². The lowest BCUT2D eigenvalue weighted by Gasteiger charge is -2.18. The Morgan fingerprint density at radius 3 is 2.63 bits per heavy atom. The summed E-state index contributed by atoms with van der Waals surface area (Å²) in [6.45, 7) is 9.00. The van der Waals surface area contributed by atoms with Gasteiger partial charge in [0, 0.05) is 0 Å². The van der Waals surface area contributed by atoms with Crippen molar-refractivity contribution < 1.29 is 4.74 Å². The van der Waals surface area contributed by atoms with E-state index in [2.05, 4.69) is 44.3 Å². The fraction of sp³-hybridized carbons (Fsp3) is 0.647. The Bertz CT molecular complexity index is 349. The molecular weight excluding hydrogens is 234 g/mol. The first-order valence-electron chi connectivity index (χ1n) is 7.49. The lowest BCUT2D eigenvalue weighted by molar-refractivity contribution is 0.409. The molecule has 1 rings (SSSR count). The molecule has 0 amide bonds. The van der Waals surface area contributed by atoms with E-state index in [1.165, 1.54) is 18.4 Å². The van der Waals surface area contributed by atoms with Crippen LogP contribution in [0.3, 0.4) is 0 Å². The van der Waals surface area contributed by atoms with E-state index in [4.69, 9.17) is 4.74 Å². The van der Waals surface area contributed by atoms with Gasteiger partial charge in [0.15, 0.2) is 0 Å². The second-order valence-electron chi connectivity index (χ2n) is 5.76. The summed E-state index contributed by atoms with van der Waals surface area (Å²) in [6.07, 6.45) is 3.66. The first-order chi connectivity index (χ1) is 9.15. The highest BCUT2D eigenvalue weighted by atomic mass is 16.5. The second-order valence-corrected chi connectivity index (χ2v) is 5.76. The molecule has 0 saturated heterocycles. The predicted molar refractivity (Wildman–Crippen MR) is 82.8 cm³/mol. The molecule has 2 heteroatoms. The molecule has 0 spiro atoms. The zero-order valence-corrected chi connectivity index (χ0v) is 12.9. The third kappa shape index (κ3) is 6.63. The summed E-state index contributed by atoms with van der Waals surface area (Å²) in [5.74, 6) is 2.40. The van der Waals surface area contributed by atoms with Crippen molar-refractivity contribution in [3.05, 3.63) is 29.8 Å². The van der Waals surface area contributed by atoms with Crippen molar-refractivity contribution in [1.29, 1.82) is 0 Å². The van der Waals surface area contributed by atoms with E-state index < -0.39 is 0 Å². The molecule has 108 valence electrons. The highest BCUT2D eigenvalue weighted by Crippen LogP contribution is 2.18. The van der Waals surface area contributed by atoms with Crippen molar-refractivity contribution in [2.45, 2.75) is 40.0 Å². The first kappa shape index (κ1) is 16.0. The van der Waals surface area contributed by atoms with Gasteiger partial charge in [-0.15, -0.1) is 0 Å². The van der Waals surface area contributed by atoms with Crippen molar-refractivity contribution in [1.82, 2.24) is 5.32 Å². The molecule has 0 aliphatic heterocycles. The molecule has 1 atom stereocenters. The Hall–Kier alpha value is -1.02. The summed E-state index contributed by atoms with van der Waals surface area (Å²) in [5, 5.41) is 3.59. The molecule has 0 aliphatic rings. The van der Waals surface area contributed by atoms with E-state index in [1.807, 2.05) is 6.07 Å². The van der Waals surface area contributed by atoms with Crippen LogP contribution in [0.25, 0.3) is 0 Å². The second kappa shape index (κ2) is 8.98. The number of hydrogen-bond acceptors (Lipinski definition) is 2. The van der Waals surface area contributed by atoms with E-state index in [-0.39, 0.29) is 0 Å². The van der Waals surface area contributed by atoms with Gasteiger partial charge >= 0.3 is 0 Å². The zero-order chi connectivity index (χ0) is 14.1. The summed E-state index contributed by atoms with van der Waals surface area (Å²) in [4.78, 5) is 0. The van der Waals surface area contributed by atoms with Crippen LogP contribution in [0.2, 0.25) is 0 Å². The van der Waals surface area contributed by atoms with Gasteiger partial charge in [-0.25, -0.2) is 0 Å². The van der Waals surface area contributed by atoms with Gasteiger partial charge in [-0.1, -0.05) is 39.3 Å². The van der Waals surface area contributed by atoms with Crippen LogP contribution >= 0.6 is 0 Å². The Kier molecular flexibility index (Phi) is 7.57. The van der Waals surface area contributed by atoms with Gasteiger partial charge in [0.05, 0.1) is 7.11 Å². The standard InChI is InChI=1S/C17H29NO/c1-5-7-16(13-18-12-14(2)3)10-15-8-6-9-17(11-15)19-4/h6,8-9,11,14,16,18H,5,7,10,12-13H2,1-4H3. The average molecular weight is 263 g/mol. The molecule has 0 heterocycles. The molecule has 1 aromatic rings. The third-order valence-corrected chi connectivity index (χ3v) is 3.34. The van der Waals surface area contributed by atoms with E-state index in [0.29, 0.717) is 0 Å². The Morgan fingerprint density at radius 2 is 2.00 bits per heavy atom. The maximum absolute atomic E-state index is 5.29. The number of rotatable bonds is 9. The smallest absolute Gasteiger partial charge is 0.119 e. The van der Waals surface area contributed by atoms with E-state index >= 15 is 0 Å². The van der Waals surface area contributed by atoms with Crippen molar-refractivity contribution in [2.24, 2.45) is 11.8 Å². The summed E-state index contributed by atoms with van der Waals surface area (Å²) < 4.78 is 5.29. The molecule has 1 aromatic carbocycles. The molecule has 1 N–H and O–H groups in total. The topological polar surface area (TPSA) is 21.3 Å². The van der Waals surface area contributed by atoms with Crippen LogP contribution in [-0.4, -0.2) is 20.2 Å². The van der Waals surface area contributed by atoms with Crippen molar-refractivity contribution in [3.8, 4) is 5.75 Å². The number of benzene rings is 1. The number of ether oxygens (including phenoxy) is 1. The van der Waals surface area contributed by atoms with Crippen LogP contribution in [0.1, 0.15) is 39.2 Å². The van der Waals surface area contributed by atoms with E-state index in [9.17, 15) is 0 Å². The third-order valence-electron chi connectivity index (χ3n) is 3.34. The Labute approximate surface area is 118 Å². The molecule has 19 heavy (non-hydrogen) atoms. The number of methoxy groups -OCH3 is 1. The first-order valence-corrected chi connectivity index (χ1v) is 7.49. The lowest BCUT2D eigenvalue weighted by Crippen LogP contribution is -2.27. The fourth-order valence-corrected chi connectivity index (χ4v) is 2.39. The maximum Gasteiger partial charge on any atom is 0.119 e. The molecule has 0 fully saturated rings. The quantitative estimate of drug-likeness (QED) is 0.729. The molecule has 0 aliphatic carbocycles. The highest BCUT2D eigenvalue weighted by molar-refractivity contribution is 5.28. The van der Waals surface area contributed by atoms with Crippen LogP contribution in [0.15, 0.2) is 24.3 Å². The van der Waals surface area contributed by atoms with Crippen molar-refractivity contribution >= 4 is 0 Å². The summed E-state index contributed by atoms with van der Waals surface area (Å²) in [5.41, 5.74) is 1.38. The van der Waals surface area contributed by atoms with Crippen LogP contribution in [0.4, 0.5) is 0 Å². The van der Waals surface area contributed by atoms with Gasteiger partial charge < -0.3 is 10.1 Å². The van der Waals surface area contributed by atoms with E-state index in [1.54, 1.807) is 7.11 Å². The SMILES string of the molecule is CCCC(CNCC(C)C)Cc1cccc(OC)c1. The van der Waals surface area contributed by atoms with Gasteiger partial charge in [0.2, 0.25) is 0 Å². The van der Waals surface area contributed by atoms with Crippen LogP contribution in [-0.2, 0) is 6.42 Å². The minimum Gasteiger partial charge on any atom is -0.497 e. The number of nitrogens with one attached hydrogen (secondary N) is 1. The zero-order valence-electron chi connectivity index (χ0n) is 12.9. The van der Waals surface area contributed by atoms with Crippen LogP contribution in [0, 0.1) is 11.8 Å². The van der Waals surface area contributed by atoms with Gasteiger partial charge in [-0.3, -0.25) is 0 Å². The number of hydrogen-bond donors (Lipinski definition) is 1. The van der Waals surface area contributed by atoms with Crippen molar-refractivity contribution in [2.75, 3.05) is 20.2 Å². The lowest BCUT2D eigenvalue weighted by atomic mass is 9.94. The molecule has 0 saturated carbocycles. The minimum atomic E-state index is 0.718. The Balaban J connectivity index is 2.51. The summed E-state index contributed by atoms with van der Waals surface area (Å²) in [6, 6.07) is 8.45. The molecular formula is C17H29NO. The summed E-state index contributed by atoms with van der Waals surface area (Å²) >= 11 is 0. The van der Waals surface area contributed by atoms with Crippen molar-refractivity contribution in [3.63, 3.8) is 0 Å². The largest absolute Gasteiger partial charge is 0.497 e. The van der Waals surface area contributed by atoms with Crippen LogP contribution in [0.5, 0.6) is 5.75 Å². The van der Waals surface area contributed by atoms with Gasteiger partial charge in [0.25, 0.3) is 0 Å².